The number of hydrogen-bond acceptors (Lipinski definition) is 2. The molecule has 0 radical (unpaired) electrons. The predicted octanol–water partition coefficient (Wildman–Crippen LogP) is 1.54. The Morgan fingerprint density at radius 1 is 1.50 bits per heavy atom. The highest BCUT2D eigenvalue weighted by Gasteiger charge is 2.40. The molecule has 1 fully saturated rings. The molecule has 2 heteroatoms. The molecule has 0 unspecified atom stereocenters. The number of nitrogens with one attached hydrogen (secondary N) is 1. The maximum atomic E-state index is 9.04. The first-order valence-electron chi connectivity index (χ1n) is 5.07. The summed E-state index contributed by atoms with van der Waals surface area (Å²) in [5, 5.41) is 12.4. The van der Waals surface area contributed by atoms with Gasteiger partial charge in [0.15, 0.2) is 0 Å². The molecule has 1 saturated carbocycles. The highest BCUT2D eigenvalue weighted by molar-refractivity contribution is 4.94. The molecule has 12 heavy (non-hydrogen) atoms. The molecule has 0 aromatic carbocycles. The van der Waals surface area contributed by atoms with Gasteiger partial charge in [0.2, 0.25) is 0 Å². The van der Waals surface area contributed by atoms with Gasteiger partial charge in [-0.25, -0.2) is 0 Å². The average Bonchev–Trinajstić information content (AvgIpc) is 2.69. The highest BCUT2D eigenvalue weighted by Crippen LogP contribution is 2.48. The van der Waals surface area contributed by atoms with Crippen molar-refractivity contribution in [1.29, 1.82) is 0 Å². The fourth-order valence-corrected chi connectivity index (χ4v) is 1.77. The van der Waals surface area contributed by atoms with E-state index < -0.39 is 0 Å². The summed E-state index contributed by atoms with van der Waals surface area (Å²) in [7, 11) is 0. The van der Waals surface area contributed by atoms with E-state index in [2.05, 4.69) is 12.2 Å². The van der Waals surface area contributed by atoms with E-state index >= 15 is 0 Å². The van der Waals surface area contributed by atoms with Crippen molar-refractivity contribution in [2.75, 3.05) is 13.1 Å². The highest BCUT2D eigenvalue weighted by atomic mass is 16.3. The quantitative estimate of drug-likeness (QED) is 0.635. The summed E-state index contributed by atoms with van der Waals surface area (Å²) >= 11 is 0. The van der Waals surface area contributed by atoms with E-state index in [0.29, 0.717) is 5.41 Å². The molecule has 1 aliphatic carbocycles. The first kappa shape index (κ1) is 10.0. The minimum absolute atomic E-state index is 0.206. The molecule has 1 aliphatic rings. The van der Waals surface area contributed by atoms with E-state index in [1.807, 2.05) is 6.92 Å². The minimum Gasteiger partial charge on any atom is -0.392 e. The number of rotatable bonds is 6. The van der Waals surface area contributed by atoms with Crippen LogP contribution in [0.2, 0.25) is 0 Å². The molecule has 0 spiro atoms. The topological polar surface area (TPSA) is 32.3 Å². The van der Waals surface area contributed by atoms with Gasteiger partial charge in [-0.3, -0.25) is 0 Å². The maximum absolute atomic E-state index is 9.04. The summed E-state index contributed by atoms with van der Waals surface area (Å²) in [5.41, 5.74) is 0.615. The van der Waals surface area contributed by atoms with Crippen molar-refractivity contribution in [3.8, 4) is 0 Å². The predicted molar refractivity (Wildman–Crippen MR) is 51.1 cm³/mol. The molecule has 0 aromatic heterocycles. The molecule has 0 saturated heterocycles. The zero-order chi connectivity index (χ0) is 9.03. The minimum atomic E-state index is -0.206. The van der Waals surface area contributed by atoms with Gasteiger partial charge in [0.05, 0.1) is 6.10 Å². The van der Waals surface area contributed by atoms with Crippen LogP contribution in [0.1, 0.15) is 39.5 Å². The van der Waals surface area contributed by atoms with E-state index in [0.717, 1.165) is 13.1 Å². The van der Waals surface area contributed by atoms with Gasteiger partial charge in [-0.15, -0.1) is 0 Å². The normalized spacial score (nSPS) is 22.2. The van der Waals surface area contributed by atoms with Crippen molar-refractivity contribution >= 4 is 0 Å². The summed E-state index contributed by atoms with van der Waals surface area (Å²) in [6, 6.07) is 0. The Kier molecular flexibility index (Phi) is 3.53. The van der Waals surface area contributed by atoms with Crippen molar-refractivity contribution in [2.45, 2.75) is 45.6 Å². The molecule has 2 N–H and O–H groups in total. The van der Waals surface area contributed by atoms with Gasteiger partial charge in [0.25, 0.3) is 0 Å². The van der Waals surface area contributed by atoms with Crippen molar-refractivity contribution in [1.82, 2.24) is 5.32 Å². The SMILES string of the molecule is CCCC1(CNC[C@H](C)O)CC1. The maximum Gasteiger partial charge on any atom is 0.0636 e. The molecular formula is C10H21NO. The zero-order valence-corrected chi connectivity index (χ0v) is 8.27. The van der Waals surface area contributed by atoms with Crippen LogP contribution < -0.4 is 5.32 Å². The Morgan fingerprint density at radius 2 is 2.17 bits per heavy atom. The lowest BCUT2D eigenvalue weighted by molar-refractivity contribution is 0.187. The smallest absolute Gasteiger partial charge is 0.0636 e. The lowest BCUT2D eigenvalue weighted by Gasteiger charge is -2.15. The van der Waals surface area contributed by atoms with Gasteiger partial charge >= 0.3 is 0 Å². The van der Waals surface area contributed by atoms with Crippen LogP contribution >= 0.6 is 0 Å². The van der Waals surface area contributed by atoms with Crippen molar-refractivity contribution in [3.05, 3.63) is 0 Å². The van der Waals surface area contributed by atoms with Crippen LogP contribution in [0.15, 0.2) is 0 Å². The Balaban J connectivity index is 2.06. The van der Waals surface area contributed by atoms with E-state index in [1.54, 1.807) is 0 Å². The fraction of sp³-hybridized carbons (Fsp3) is 1.00. The number of aliphatic hydroxyl groups is 1. The van der Waals surface area contributed by atoms with Crippen LogP contribution in [0, 0.1) is 5.41 Å². The molecular weight excluding hydrogens is 150 g/mol. The first-order chi connectivity index (χ1) is 5.68. The molecule has 2 nitrogen and oxygen atoms in total. The standard InChI is InChI=1S/C10H21NO/c1-3-4-10(5-6-10)8-11-7-9(2)12/h9,11-12H,3-8H2,1-2H3/t9-/m0/s1. The van der Waals surface area contributed by atoms with Crippen molar-refractivity contribution in [2.24, 2.45) is 5.41 Å². The molecule has 0 amide bonds. The van der Waals surface area contributed by atoms with Crippen LogP contribution in [0.5, 0.6) is 0 Å². The Labute approximate surface area is 75.4 Å². The van der Waals surface area contributed by atoms with Crippen LogP contribution in [-0.2, 0) is 0 Å². The van der Waals surface area contributed by atoms with Crippen molar-refractivity contribution < 1.29 is 5.11 Å². The van der Waals surface area contributed by atoms with Crippen LogP contribution in [0.3, 0.4) is 0 Å². The summed E-state index contributed by atoms with van der Waals surface area (Å²) in [5.74, 6) is 0. The Hall–Kier alpha value is -0.0800. The van der Waals surface area contributed by atoms with Gasteiger partial charge in [-0.05, 0) is 31.6 Å². The molecule has 1 rings (SSSR count). The summed E-state index contributed by atoms with van der Waals surface area (Å²) in [4.78, 5) is 0. The Bertz CT molecular complexity index is 130. The fourth-order valence-electron chi connectivity index (χ4n) is 1.77. The van der Waals surface area contributed by atoms with E-state index in [-0.39, 0.29) is 6.10 Å². The van der Waals surface area contributed by atoms with Gasteiger partial charge in [0, 0.05) is 13.1 Å². The van der Waals surface area contributed by atoms with Crippen LogP contribution in [-0.4, -0.2) is 24.3 Å². The second kappa shape index (κ2) is 4.24. The van der Waals surface area contributed by atoms with E-state index in [1.165, 1.54) is 25.7 Å². The lowest BCUT2D eigenvalue weighted by atomic mass is 10.0. The Morgan fingerprint density at radius 3 is 2.58 bits per heavy atom. The molecule has 1 atom stereocenters. The average molecular weight is 171 g/mol. The molecule has 0 bridgehead atoms. The third-order valence-electron chi connectivity index (χ3n) is 2.68. The lowest BCUT2D eigenvalue weighted by Crippen LogP contribution is -2.30. The number of aliphatic hydroxyl groups excluding tert-OH is 1. The van der Waals surface area contributed by atoms with Gasteiger partial charge in [-0.2, -0.15) is 0 Å². The van der Waals surface area contributed by atoms with E-state index in [4.69, 9.17) is 5.11 Å². The first-order valence-corrected chi connectivity index (χ1v) is 5.07. The molecule has 72 valence electrons. The summed E-state index contributed by atoms with van der Waals surface area (Å²) in [6.45, 7) is 5.92. The second-order valence-corrected chi connectivity index (χ2v) is 4.23. The second-order valence-electron chi connectivity index (χ2n) is 4.23. The number of hydrogen-bond donors (Lipinski definition) is 2. The summed E-state index contributed by atoms with van der Waals surface area (Å²) in [6.07, 6.45) is 5.19. The van der Waals surface area contributed by atoms with Crippen molar-refractivity contribution in [3.63, 3.8) is 0 Å². The van der Waals surface area contributed by atoms with Gasteiger partial charge in [0.1, 0.15) is 0 Å². The van der Waals surface area contributed by atoms with E-state index in [9.17, 15) is 0 Å². The third-order valence-corrected chi connectivity index (χ3v) is 2.68. The summed E-state index contributed by atoms with van der Waals surface area (Å²) < 4.78 is 0. The van der Waals surface area contributed by atoms with Gasteiger partial charge < -0.3 is 10.4 Å². The largest absolute Gasteiger partial charge is 0.392 e. The molecule has 0 aromatic rings. The van der Waals surface area contributed by atoms with Crippen LogP contribution in [0.25, 0.3) is 0 Å². The van der Waals surface area contributed by atoms with Gasteiger partial charge in [-0.1, -0.05) is 13.3 Å². The molecule has 0 heterocycles. The molecule has 0 aliphatic heterocycles. The van der Waals surface area contributed by atoms with Crippen LogP contribution in [0.4, 0.5) is 0 Å². The monoisotopic (exact) mass is 171 g/mol. The zero-order valence-electron chi connectivity index (χ0n) is 8.27. The third kappa shape index (κ3) is 3.11.